The first-order valence-corrected chi connectivity index (χ1v) is 5.25. The van der Waals surface area contributed by atoms with Gasteiger partial charge in [-0.1, -0.05) is 19.8 Å². The molecule has 0 radical (unpaired) electrons. The first kappa shape index (κ1) is 11.2. The van der Waals surface area contributed by atoms with E-state index in [0.717, 1.165) is 31.6 Å². The molecule has 1 aliphatic rings. The number of carbonyl (C=O) groups is 2. The van der Waals surface area contributed by atoms with E-state index >= 15 is 0 Å². The lowest BCUT2D eigenvalue weighted by Gasteiger charge is -2.24. The van der Waals surface area contributed by atoms with Gasteiger partial charge >= 0.3 is 5.97 Å². The van der Waals surface area contributed by atoms with Gasteiger partial charge < -0.3 is 4.74 Å². The molecule has 0 atom stereocenters. The summed E-state index contributed by atoms with van der Waals surface area (Å²) in [6.45, 7) is 3.51. The van der Waals surface area contributed by atoms with Crippen molar-refractivity contribution < 1.29 is 14.3 Å². The number of Topliss-reactive ketones (excluding diaryl/α,β-unsaturated/α-hetero) is 1. The molecule has 0 aromatic heterocycles. The lowest BCUT2D eigenvalue weighted by Crippen LogP contribution is -2.25. The highest BCUT2D eigenvalue weighted by molar-refractivity contribution is 5.84. The zero-order valence-corrected chi connectivity index (χ0v) is 8.91. The number of ether oxygens (including phenoxy) is 1. The standard InChI is InChI=1S/C11H18O3/c1-8-3-5-10(6-4-8)11(13)7-14-9(2)12/h8,10H,3-7H2,1-2H3. The van der Waals surface area contributed by atoms with Crippen LogP contribution in [0.4, 0.5) is 0 Å². The second-order valence-electron chi connectivity index (χ2n) is 4.20. The zero-order chi connectivity index (χ0) is 10.6. The molecule has 3 heteroatoms. The minimum Gasteiger partial charge on any atom is -0.458 e. The van der Waals surface area contributed by atoms with E-state index in [-0.39, 0.29) is 24.3 Å². The number of esters is 1. The molecule has 3 nitrogen and oxygen atoms in total. The van der Waals surface area contributed by atoms with Crippen molar-refractivity contribution in [2.24, 2.45) is 11.8 Å². The zero-order valence-electron chi connectivity index (χ0n) is 8.91. The maximum absolute atomic E-state index is 11.5. The Balaban J connectivity index is 2.27. The minimum atomic E-state index is -0.373. The fourth-order valence-electron chi connectivity index (χ4n) is 1.87. The van der Waals surface area contributed by atoms with E-state index in [1.54, 1.807) is 0 Å². The third kappa shape index (κ3) is 3.48. The molecule has 1 rings (SSSR count). The van der Waals surface area contributed by atoms with Crippen molar-refractivity contribution in [3.63, 3.8) is 0 Å². The summed E-state index contributed by atoms with van der Waals surface area (Å²) in [6.07, 6.45) is 4.16. The molecule has 1 aliphatic carbocycles. The van der Waals surface area contributed by atoms with Gasteiger partial charge in [-0.05, 0) is 18.8 Å². The molecule has 1 saturated carbocycles. The van der Waals surface area contributed by atoms with E-state index in [2.05, 4.69) is 6.92 Å². The molecule has 80 valence electrons. The summed E-state index contributed by atoms with van der Waals surface area (Å²) in [7, 11) is 0. The van der Waals surface area contributed by atoms with Crippen molar-refractivity contribution in [2.75, 3.05) is 6.61 Å². The van der Waals surface area contributed by atoms with Crippen molar-refractivity contribution in [1.82, 2.24) is 0 Å². The van der Waals surface area contributed by atoms with Gasteiger partial charge in [-0.3, -0.25) is 9.59 Å². The summed E-state index contributed by atoms with van der Waals surface area (Å²) < 4.78 is 4.70. The summed E-state index contributed by atoms with van der Waals surface area (Å²) in [6, 6.07) is 0. The molecule has 0 heterocycles. The molecular formula is C11H18O3. The molecule has 0 aliphatic heterocycles. The molecular weight excluding hydrogens is 180 g/mol. The van der Waals surface area contributed by atoms with Crippen LogP contribution in [0.1, 0.15) is 39.5 Å². The Morgan fingerprint density at radius 1 is 1.21 bits per heavy atom. The highest BCUT2D eigenvalue weighted by atomic mass is 16.5. The van der Waals surface area contributed by atoms with Gasteiger partial charge in [0.05, 0.1) is 0 Å². The number of rotatable bonds is 3. The van der Waals surface area contributed by atoms with Crippen molar-refractivity contribution in [3.8, 4) is 0 Å². The lowest BCUT2D eigenvalue weighted by atomic mass is 9.81. The topological polar surface area (TPSA) is 43.4 Å². The lowest BCUT2D eigenvalue weighted by molar-refractivity contribution is -0.147. The highest BCUT2D eigenvalue weighted by Crippen LogP contribution is 2.28. The summed E-state index contributed by atoms with van der Waals surface area (Å²) in [4.78, 5) is 22.0. The largest absolute Gasteiger partial charge is 0.458 e. The third-order valence-corrected chi connectivity index (χ3v) is 2.89. The second-order valence-corrected chi connectivity index (χ2v) is 4.20. The Labute approximate surface area is 84.8 Å². The maximum Gasteiger partial charge on any atom is 0.303 e. The van der Waals surface area contributed by atoms with Crippen LogP contribution in [-0.2, 0) is 14.3 Å². The Hall–Kier alpha value is -0.860. The van der Waals surface area contributed by atoms with Crippen LogP contribution in [-0.4, -0.2) is 18.4 Å². The Morgan fingerprint density at radius 2 is 1.79 bits per heavy atom. The second kappa shape index (κ2) is 5.13. The van der Waals surface area contributed by atoms with E-state index in [0.29, 0.717) is 0 Å². The quantitative estimate of drug-likeness (QED) is 0.651. The summed E-state index contributed by atoms with van der Waals surface area (Å²) in [5.74, 6) is 0.591. The van der Waals surface area contributed by atoms with Crippen LogP contribution in [0.2, 0.25) is 0 Å². The number of hydrogen-bond acceptors (Lipinski definition) is 3. The van der Waals surface area contributed by atoms with Gasteiger partial charge in [0.1, 0.15) is 6.61 Å². The summed E-state index contributed by atoms with van der Waals surface area (Å²) >= 11 is 0. The van der Waals surface area contributed by atoms with Crippen LogP contribution in [0, 0.1) is 11.8 Å². The predicted molar refractivity (Wildman–Crippen MR) is 52.8 cm³/mol. The first-order valence-electron chi connectivity index (χ1n) is 5.25. The van der Waals surface area contributed by atoms with Crippen molar-refractivity contribution in [3.05, 3.63) is 0 Å². The Kier molecular flexibility index (Phi) is 4.11. The van der Waals surface area contributed by atoms with E-state index in [4.69, 9.17) is 4.74 Å². The van der Waals surface area contributed by atoms with Crippen LogP contribution in [0.25, 0.3) is 0 Å². The molecule has 1 fully saturated rings. The minimum absolute atomic E-state index is 0.0334. The first-order chi connectivity index (χ1) is 6.59. The van der Waals surface area contributed by atoms with Crippen molar-refractivity contribution in [2.45, 2.75) is 39.5 Å². The third-order valence-electron chi connectivity index (χ3n) is 2.89. The predicted octanol–water partition coefficient (Wildman–Crippen LogP) is 1.94. The van der Waals surface area contributed by atoms with E-state index in [1.165, 1.54) is 6.92 Å². The normalized spacial score (nSPS) is 27.0. The van der Waals surface area contributed by atoms with Crippen molar-refractivity contribution >= 4 is 11.8 Å². The molecule has 0 bridgehead atoms. The number of hydrogen-bond donors (Lipinski definition) is 0. The van der Waals surface area contributed by atoms with Crippen LogP contribution >= 0.6 is 0 Å². The Bertz CT molecular complexity index is 215. The van der Waals surface area contributed by atoms with E-state index in [1.807, 2.05) is 0 Å². The summed E-state index contributed by atoms with van der Waals surface area (Å²) in [5.41, 5.74) is 0. The summed E-state index contributed by atoms with van der Waals surface area (Å²) in [5, 5.41) is 0. The fourth-order valence-corrected chi connectivity index (χ4v) is 1.87. The van der Waals surface area contributed by atoms with Gasteiger partial charge in [0.25, 0.3) is 0 Å². The van der Waals surface area contributed by atoms with Crippen LogP contribution in [0.5, 0.6) is 0 Å². The van der Waals surface area contributed by atoms with Gasteiger partial charge in [-0.15, -0.1) is 0 Å². The molecule has 0 unspecified atom stereocenters. The van der Waals surface area contributed by atoms with Gasteiger partial charge in [-0.25, -0.2) is 0 Å². The maximum atomic E-state index is 11.5. The molecule has 0 N–H and O–H groups in total. The molecule has 0 aromatic rings. The van der Waals surface area contributed by atoms with Gasteiger partial charge in [0, 0.05) is 12.8 Å². The van der Waals surface area contributed by atoms with E-state index in [9.17, 15) is 9.59 Å². The fraction of sp³-hybridized carbons (Fsp3) is 0.818. The average molecular weight is 198 g/mol. The smallest absolute Gasteiger partial charge is 0.303 e. The Morgan fingerprint density at radius 3 is 2.29 bits per heavy atom. The average Bonchev–Trinajstić information content (AvgIpc) is 2.15. The molecule has 0 spiro atoms. The molecule has 14 heavy (non-hydrogen) atoms. The number of ketones is 1. The van der Waals surface area contributed by atoms with Gasteiger partial charge in [-0.2, -0.15) is 0 Å². The molecule has 0 aromatic carbocycles. The molecule has 0 saturated heterocycles. The van der Waals surface area contributed by atoms with Gasteiger partial charge in [0.15, 0.2) is 5.78 Å². The van der Waals surface area contributed by atoms with Gasteiger partial charge in [0.2, 0.25) is 0 Å². The van der Waals surface area contributed by atoms with E-state index < -0.39 is 0 Å². The van der Waals surface area contributed by atoms with Crippen LogP contribution in [0.15, 0.2) is 0 Å². The van der Waals surface area contributed by atoms with Crippen LogP contribution in [0.3, 0.4) is 0 Å². The van der Waals surface area contributed by atoms with Crippen molar-refractivity contribution in [1.29, 1.82) is 0 Å². The SMILES string of the molecule is CC(=O)OCC(=O)C1CCC(C)CC1. The monoisotopic (exact) mass is 198 g/mol. The number of carbonyl (C=O) groups excluding carboxylic acids is 2. The highest BCUT2D eigenvalue weighted by Gasteiger charge is 2.24. The molecule has 0 amide bonds. The van der Waals surface area contributed by atoms with Crippen LogP contribution < -0.4 is 0 Å².